The molecule has 2 aromatic rings. The Bertz CT molecular complexity index is 631. The molecule has 0 fully saturated rings. The van der Waals surface area contributed by atoms with E-state index in [1.165, 1.54) is 11.1 Å². The Balaban J connectivity index is 0.000000483. The molecule has 0 aliphatic carbocycles. The number of anilines is 2. The van der Waals surface area contributed by atoms with Crippen molar-refractivity contribution in [2.24, 2.45) is 0 Å². The molecule has 2 rings (SSSR count). The third-order valence-corrected chi connectivity index (χ3v) is 4.08. The first-order valence-corrected chi connectivity index (χ1v) is 9.61. The minimum atomic E-state index is -0.126. The number of aryl methyl sites for hydroxylation is 2. The maximum absolute atomic E-state index is 10.9. The van der Waals surface area contributed by atoms with Crippen molar-refractivity contribution >= 4 is 48.4 Å². The van der Waals surface area contributed by atoms with Crippen LogP contribution in [0.1, 0.15) is 25.0 Å². The fourth-order valence-corrected chi connectivity index (χ4v) is 2.19. The van der Waals surface area contributed by atoms with Crippen LogP contribution in [0.25, 0.3) is 0 Å². The van der Waals surface area contributed by atoms with Crippen LogP contribution >= 0.6 is 0 Å². The predicted octanol–water partition coefficient (Wildman–Crippen LogP) is 3.47. The summed E-state index contributed by atoms with van der Waals surface area (Å²) in [5.41, 5.74) is 4.15. The van der Waals surface area contributed by atoms with Crippen LogP contribution in [0, 0.1) is 0 Å². The molecule has 2 aromatic carbocycles. The number of carbonyl (C=O) groups is 2. The van der Waals surface area contributed by atoms with Crippen molar-refractivity contribution < 1.29 is 26.7 Å². The van der Waals surface area contributed by atoms with Gasteiger partial charge < -0.3 is 35.9 Å². The normalized spacial score (nSPS) is 9.33. The Kier molecular flexibility index (Phi) is 13.9. The van der Waals surface area contributed by atoms with Crippen LogP contribution in [0.4, 0.5) is 11.4 Å². The molecule has 0 heterocycles. The molecule has 0 bridgehead atoms. The minimum Gasteiger partial charge on any atom is -0.783 e. The van der Waals surface area contributed by atoms with Crippen molar-refractivity contribution in [3.63, 3.8) is 0 Å². The van der Waals surface area contributed by atoms with Crippen molar-refractivity contribution in [3.05, 3.63) is 59.7 Å². The van der Waals surface area contributed by atoms with E-state index in [9.17, 15) is 9.59 Å². The number of rotatable bonds is 6. The van der Waals surface area contributed by atoms with E-state index in [0.717, 1.165) is 24.2 Å². The van der Waals surface area contributed by atoms with E-state index in [1.54, 1.807) is 0 Å². The molecule has 0 spiro atoms. The van der Waals surface area contributed by atoms with Crippen molar-refractivity contribution in [1.29, 1.82) is 0 Å². The van der Waals surface area contributed by atoms with Crippen LogP contribution in [0.2, 0.25) is 0 Å². The summed E-state index contributed by atoms with van der Waals surface area (Å²) in [5, 5.41) is 5.40. The van der Waals surface area contributed by atoms with E-state index < -0.39 is 0 Å². The molecule has 0 aliphatic rings. The number of amides is 2. The molecule has 0 unspecified atom stereocenters. The molecule has 0 aliphatic heterocycles. The zero-order chi connectivity index (χ0) is 19.4. The molecule has 0 atom stereocenters. The summed E-state index contributed by atoms with van der Waals surface area (Å²) in [4.78, 5) is 21.8. The maximum Gasteiger partial charge on any atom is 2.00 e. The van der Waals surface area contributed by atoms with Gasteiger partial charge in [-0.25, -0.2) is 0 Å². The van der Waals surface area contributed by atoms with Crippen LogP contribution in [-0.2, 0) is 64.8 Å². The van der Waals surface area contributed by atoms with Gasteiger partial charge in [0, 0.05) is 11.4 Å². The zero-order valence-electron chi connectivity index (χ0n) is 15.4. The predicted molar refractivity (Wildman–Crippen MR) is 113 cm³/mol. The second kappa shape index (κ2) is 14.6. The molecular formula is C20H24CuN2O2S2. The van der Waals surface area contributed by atoms with Gasteiger partial charge in [0.05, 0.1) is 0 Å². The largest absolute Gasteiger partial charge is 2.00 e. The van der Waals surface area contributed by atoms with Crippen LogP contribution in [0.15, 0.2) is 48.5 Å². The second-order valence-electron chi connectivity index (χ2n) is 5.49. The molecule has 27 heavy (non-hydrogen) atoms. The van der Waals surface area contributed by atoms with Gasteiger partial charge in [-0.05, 0) is 48.2 Å². The summed E-state index contributed by atoms with van der Waals surface area (Å²) in [7, 11) is 0. The average molecular weight is 452 g/mol. The Morgan fingerprint density at radius 3 is 1.22 bits per heavy atom. The first kappa shape index (κ1) is 25.6. The van der Waals surface area contributed by atoms with Gasteiger partial charge in [-0.3, -0.25) is 9.59 Å². The Morgan fingerprint density at radius 1 is 0.704 bits per heavy atom. The molecule has 1 radical (unpaired) electrons. The van der Waals surface area contributed by atoms with Crippen LogP contribution in [0.3, 0.4) is 0 Å². The van der Waals surface area contributed by atoms with Gasteiger partial charge in [0.1, 0.15) is 0 Å². The monoisotopic (exact) mass is 451 g/mol. The van der Waals surface area contributed by atoms with Gasteiger partial charge in [-0.1, -0.05) is 49.6 Å². The molecule has 149 valence electrons. The summed E-state index contributed by atoms with van der Waals surface area (Å²) in [6, 6.07) is 15.6. The molecule has 2 N–H and O–H groups in total. The van der Waals surface area contributed by atoms with E-state index in [2.05, 4.69) is 49.7 Å². The molecule has 7 heteroatoms. The second-order valence-corrected chi connectivity index (χ2v) is 6.06. The Morgan fingerprint density at radius 2 is 1.00 bits per heavy atom. The molecular weight excluding hydrogens is 428 g/mol. The molecule has 2 amide bonds. The SMILES string of the molecule is CCc1ccc(NC(=O)C[S-])cc1.CCc1ccc(NC(=O)C[S-])cc1.[Cu+2]. The van der Waals surface area contributed by atoms with E-state index in [0.29, 0.717) is 0 Å². The molecule has 4 nitrogen and oxygen atoms in total. The Labute approximate surface area is 183 Å². The first-order valence-electron chi connectivity index (χ1n) is 8.46. The van der Waals surface area contributed by atoms with Crippen molar-refractivity contribution in [3.8, 4) is 0 Å². The third-order valence-electron chi connectivity index (χ3n) is 3.55. The van der Waals surface area contributed by atoms with Crippen molar-refractivity contribution in [2.75, 3.05) is 22.1 Å². The molecule has 0 saturated carbocycles. The zero-order valence-corrected chi connectivity index (χ0v) is 18.0. The molecule has 0 saturated heterocycles. The number of hydrogen-bond donors (Lipinski definition) is 2. The first-order chi connectivity index (χ1) is 12.5. The quantitative estimate of drug-likeness (QED) is 0.521. The topological polar surface area (TPSA) is 58.2 Å². The van der Waals surface area contributed by atoms with Gasteiger partial charge in [0.15, 0.2) is 11.8 Å². The van der Waals surface area contributed by atoms with Gasteiger partial charge in [0.2, 0.25) is 0 Å². The summed E-state index contributed by atoms with van der Waals surface area (Å²) < 4.78 is 0. The number of nitrogens with one attached hydrogen (secondary N) is 2. The number of benzene rings is 2. The summed E-state index contributed by atoms with van der Waals surface area (Å²) in [6.07, 6.45) is 2.02. The smallest absolute Gasteiger partial charge is 0.783 e. The van der Waals surface area contributed by atoms with E-state index in [4.69, 9.17) is 0 Å². The van der Waals surface area contributed by atoms with Crippen LogP contribution in [-0.4, -0.2) is 23.3 Å². The van der Waals surface area contributed by atoms with Crippen molar-refractivity contribution in [2.45, 2.75) is 26.7 Å². The Hall–Kier alpha value is -1.40. The van der Waals surface area contributed by atoms with Crippen molar-refractivity contribution in [1.82, 2.24) is 0 Å². The van der Waals surface area contributed by atoms with Gasteiger partial charge in [0.25, 0.3) is 0 Å². The average Bonchev–Trinajstić information content (AvgIpc) is 2.69. The number of carbonyl (C=O) groups excluding carboxylic acids is 2. The third kappa shape index (κ3) is 10.5. The van der Waals surface area contributed by atoms with E-state index in [-0.39, 0.29) is 40.4 Å². The standard InChI is InChI=1S/2C10H13NOS.Cu/c2*1-2-8-3-5-9(6-4-8)11-10(12)7-13;/h2*3-6,13H,2,7H2,1H3,(H,11,12);/q;;+2/p-2. The van der Waals surface area contributed by atoms with E-state index in [1.807, 2.05) is 48.5 Å². The van der Waals surface area contributed by atoms with Gasteiger partial charge in [-0.15, -0.1) is 0 Å². The van der Waals surface area contributed by atoms with E-state index >= 15 is 0 Å². The summed E-state index contributed by atoms with van der Waals surface area (Å²) >= 11 is 9.22. The fourth-order valence-electron chi connectivity index (χ4n) is 2.04. The minimum absolute atomic E-state index is 0. The number of hydrogen-bond acceptors (Lipinski definition) is 4. The van der Waals surface area contributed by atoms with Crippen LogP contribution < -0.4 is 10.6 Å². The fraction of sp³-hybridized carbons (Fsp3) is 0.300. The van der Waals surface area contributed by atoms with Gasteiger partial charge in [-0.2, -0.15) is 0 Å². The summed E-state index contributed by atoms with van der Waals surface area (Å²) in [5.74, 6) is -0.0380. The van der Waals surface area contributed by atoms with Gasteiger partial charge >= 0.3 is 17.1 Å². The maximum atomic E-state index is 10.9. The molecule has 0 aromatic heterocycles. The summed E-state index contributed by atoms with van der Waals surface area (Å²) in [6.45, 7) is 4.19. The van der Waals surface area contributed by atoms with Crippen LogP contribution in [0.5, 0.6) is 0 Å².